The van der Waals surface area contributed by atoms with Crippen LogP contribution in [0.5, 0.6) is 0 Å². The van der Waals surface area contributed by atoms with Crippen molar-refractivity contribution in [2.75, 3.05) is 6.54 Å². The van der Waals surface area contributed by atoms with Gasteiger partial charge in [-0.05, 0) is 6.42 Å². The average molecular weight is 77.0 g/mol. The molecule has 0 aromatic heterocycles. The molecule has 3 heteroatoms. The molecule has 0 saturated carbocycles. The van der Waals surface area contributed by atoms with Crippen LogP contribution in [0.25, 0.3) is 5.32 Å². The molecule has 1 rings (SSSR count). The molecule has 2 nitrogen and oxygen atoms in total. The maximum atomic E-state index is 9.73. The van der Waals surface area contributed by atoms with Crippen LogP contribution in [-0.2, 0) is 4.79 Å². The molecule has 0 aromatic rings. The van der Waals surface area contributed by atoms with Gasteiger partial charge in [-0.25, -0.2) is 0 Å². The number of rotatable bonds is 0. The fourth-order valence-electron chi connectivity index (χ4n) is 0.203. The maximum absolute atomic E-state index is 9.73. The van der Waals surface area contributed by atoms with E-state index in [1.54, 1.807) is 0 Å². The molecule has 6 heavy (non-hydrogen) atoms. The van der Waals surface area contributed by atoms with Crippen LogP contribution < -0.4 is 18.9 Å². The first-order chi connectivity index (χ1) is 2.39. The molecule has 0 N–H and O–H groups in total. The second-order valence-corrected chi connectivity index (χ2v) is 1.03. The summed E-state index contributed by atoms with van der Waals surface area (Å²) in [5.41, 5.74) is 0. The van der Waals surface area contributed by atoms with Gasteiger partial charge in [-0.3, -0.25) is 0 Å². The van der Waals surface area contributed by atoms with Crippen molar-refractivity contribution in [3.05, 3.63) is 5.32 Å². The summed E-state index contributed by atoms with van der Waals surface area (Å²) in [6, 6.07) is 0. The molecular weight excluding hydrogens is 73.0 g/mol. The average Bonchev–Trinajstić information content (AvgIpc) is 1.30. The van der Waals surface area contributed by atoms with Crippen LogP contribution in [0.15, 0.2) is 0 Å². The Hall–Kier alpha value is 0.0674. The molecular formula is C3H4LiNO. The van der Waals surface area contributed by atoms with E-state index in [-0.39, 0.29) is 24.8 Å². The molecule has 0 aliphatic carbocycles. The van der Waals surface area contributed by atoms with Crippen molar-refractivity contribution < 1.29 is 23.7 Å². The van der Waals surface area contributed by atoms with Gasteiger partial charge in [-0.2, -0.15) is 0 Å². The number of hydrogen-bond acceptors (Lipinski definition) is 1. The van der Waals surface area contributed by atoms with Crippen LogP contribution in [0.1, 0.15) is 6.42 Å². The fraction of sp³-hybridized carbons (Fsp3) is 0.667. The van der Waals surface area contributed by atoms with E-state index in [4.69, 9.17) is 0 Å². The Kier molecular flexibility index (Phi) is 2.30. The zero-order chi connectivity index (χ0) is 3.70. The van der Waals surface area contributed by atoms with Gasteiger partial charge in [0.05, 0.1) is 0 Å². The molecule has 0 bridgehead atoms. The minimum atomic E-state index is 0. The second kappa shape index (κ2) is 2.28. The first-order valence-corrected chi connectivity index (χ1v) is 1.60. The Balaban J connectivity index is 0.000000250. The van der Waals surface area contributed by atoms with Crippen LogP contribution in [0.3, 0.4) is 0 Å². The minimum absolute atomic E-state index is 0. The van der Waals surface area contributed by atoms with E-state index in [0.29, 0.717) is 6.42 Å². The Morgan fingerprint density at radius 3 is 2.00 bits per heavy atom. The van der Waals surface area contributed by atoms with E-state index < -0.39 is 0 Å². The van der Waals surface area contributed by atoms with Gasteiger partial charge in [-0.1, -0.05) is 0 Å². The Bertz CT molecular complexity index is 57.8. The number of carbonyl (C=O) groups excluding carboxylic acids is 1. The van der Waals surface area contributed by atoms with Crippen LogP contribution in [0.4, 0.5) is 0 Å². The van der Waals surface area contributed by atoms with Gasteiger partial charge in [0.15, 0.2) is 0 Å². The van der Waals surface area contributed by atoms with Crippen molar-refractivity contribution in [1.82, 2.24) is 0 Å². The predicted molar refractivity (Wildman–Crippen MR) is 17.8 cm³/mol. The fourth-order valence-corrected chi connectivity index (χ4v) is 0.203. The monoisotopic (exact) mass is 77.0 g/mol. The Morgan fingerprint density at radius 2 is 2.00 bits per heavy atom. The molecule has 0 atom stereocenters. The van der Waals surface area contributed by atoms with Crippen LogP contribution in [0, 0.1) is 0 Å². The van der Waals surface area contributed by atoms with E-state index in [9.17, 15) is 4.79 Å². The zero-order valence-electron chi connectivity index (χ0n) is 3.77. The molecule has 0 spiro atoms. The largest absolute Gasteiger partial charge is 1.00 e. The van der Waals surface area contributed by atoms with Crippen molar-refractivity contribution in [2.24, 2.45) is 0 Å². The molecule has 1 aliphatic rings. The van der Waals surface area contributed by atoms with Crippen LogP contribution >= 0.6 is 0 Å². The summed E-state index contributed by atoms with van der Waals surface area (Å²) in [5.74, 6) is 0.0602. The third-order valence-corrected chi connectivity index (χ3v) is 0.614. The van der Waals surface area contributed by atoms with E-state index in [1.165, 1.54) is 0 Å². The van der Waals surface area contributed by atoms with E-state index >= 15 is 0 Å². The molecule has 1 saturated heterocycles. The smallest absolute Gasteiger partial charge is 0.653 e. The van der Waals surface area contributed by atoms with E-state index in [0.717, 1.165) is 6.54 Å². The minimum Gasteiger partial charge on any atom is -0.653 e. The van der Waals surface area contributed by atoms with Gasteiger partial charge < -0.3 is 10.1 Å². The maximum Gasteiger partial charge on any atom is 1.00 e. The standard InChI is InChI=1S/C3H5NO.Li/c5-3-1-2-4-3;/h1-2H2,(H,4,5);/q;+1/p-1. The molecule has 1 fully saturated rings. The van der Waals surface area contributed by atoms with Gasteiger partial charge in [0, 0.05) is 5.91 Å². The van der Waals surface area contributed by atoms with Crippen molar-refractivity contribution in [3.63, 3.8) is 0 Å². The molecule has 0 aromatic carbocycles. The quantitative estimate of drug-likeness (QED) is 0.228. The van der Waals surface area contributed by atoms with Gasteiger partial charge in [-0.15, -0.1) is 6.54 Å². The van der Waals surface area contributed by atoms with E-state index in [2.05, 4.69) is 5.32 Å². The summed E-state index contributed by atoms with van der Waals surface area (Å²) in [4.78, 5) is 9.73. The summed E-state index contributed by atoms with van der Waals surface area (Å²) < 4.78 is 0. The van der Waals surface area contributed by atoms with Gasteiger partial charge in [0.1, 0.15) is 0 Å². The first-order valence-electron chi connectivity index (χ1n) is 1.60. The molecule has 28 valence electrons. The summed E-state index contributed by atoms with van der Waals surface area (Å²) in [7, 11) is 0. The number of amides is 1. The zero-order valence-corrected chi connectivity index (χ0v) is 3.77. The topological polar surface area (TPSA) is 31.2 Å². The van der Waals surface area contributed by atoms with Gasteiger partial charge in [0.2, 0.25) is 0 Å². The molecule has 0 radical (unpaired) electrons. The normalized spacial score (nSPS) is 17.0. The number of β-lactam (4-membered cyclic amide) rings is 1. The summed E-state index contributed by atoms with van der Waals surface area (Å²) in [6.45, 7) is 0.763. The summed E-state index contributed by atoms with van der Waals surface area (Å²) in [6.07, 6.45) is 0.681. The van der Waals surface area contributed by atoms with Crippen LogP contribution in [-0.4, -0.2) is 12.5 Å². The van der Waals surface area contributed by atoms with Crippen molar-refractivity contribution in [2.45, 2.75) is 6.42 Å². The second-order valence-electron chi connectivity index (χ2n) is 1.03. The number of hydrogen-bond donors (Lipinski definition) is 0. The van der Waals surface area contributed by atoms with Crippen molar-refractivity contribution >= 4 is 5.91 Å². The summed E-state index contributed by atoms with van der Waals surface area (Å²) in [5, 5.41) is 3.43. The number of nitrogens with zero attached hydrogens (tertiary/aromatic N) is 1. The van der Waals surface area contributed by atoms with Crippen molar-refractivity contribution in [1.29, 1.82) is 0 Å². The third-order valence-electron chi connectivity index (χ3n) is 0.614. The molecule has 0 unspecified atom stereocenters. The van der Waals surface area contributed by atoms with Crippen LogP contribution in [0.2, 0.25) is 0 Å². The number of carbonyl (C=O) groups is 1. The molecule has 1 heterocycles. The molecule has 1 aliphatic heterocycles. The molecule has 1 amide bonds. The third kappa shape index (κ3) is 1.04. The van der Waals surface area contributed by atoms with Gasteiger partial charge >= 0.3 is 18.9 Å². The summed E-state index contributed by atoms with van der Waals surface area (Å²) >= 11 is 0. The Labute approximate surface area is 48.5 Å². The van der Waals surface area contributed by atoms with E-state index in [1.807, 2.05) is 0 Å². The SMILES string of the molecule is O=C1CC[N-]1.[Li+]. The first kappa shape index (κ1) is 6.07. The Morgan fingerprint density at radius 1 is 1.67 bits per heavy atom. The van der Waals surface area contributed by atoms with Crippen molar-refractivity contribution in [3.8, 4) is 0 Å². The predicted octanol–water partition coefficient (Wildman–Crippen LogP) is -2.71. The van der Waals surface area contributed by atoms with Gasteiger partial charge in [0.25, 0.3) is 0 Å².